The summed E-state index contributed by atoms with van der Waals surface area (Å²) in [5, 5.41) is 21.8. The fraction of sp³-hybridized carbons (Fsp3) is 1.00. The SMILES string of the molecule is C[C@H](CCOS(=O)(=O)O)[C@H]1CCC2C3C(CC[C@@]21C)[C@@]1(C)CC[C@@H](O)C[C@@]1(C)C[C@H]3O. The van der Waals surface area contributed by atoms with E-state index in [4.69, 9.17) is 4.55 Å². The van der Waals surface area contributed by atoms with E-state index in [9.17, 15) is 18.6 Å². The van der Waals surface area contributed by atoms with E-state index >= 15 is 0 Å². The van der Waals surface area contributed by atoms with Crippen molar-refractivity contribution < 1.29 is 27.4 Å². The lowest BCUT2D eigenvalue weighted by Crippen LogP contribution is -2.62. The molecule has 180 valence electrons. The van der Waals surface area contributed by atoms with Gasteiger partial charge in [-0.25, -0.2) is 4.18 Å². The lowest BCUT2D eigenvalue weighted by molar-refractivity contribution is -0.210. The fourth-order valence-corrected chi connectivity index (χ4v) is 9.47. The van der Waals surface area contributed by atoms with Gasteiger partial charge in [-0.15, -0.1) is 0 Å². The Morgan fingerprint density at radius 2 is 1.71 bits per heavy atom. The summed E-state index contributed by atoms with van der Waals surface area (Å²) in [6, 6.07) is 0. The fourth-order valence-electron chi connectivity index (χ4n) is 9.16. The van der Waals surface area contributed by atoms with Gasteiger partial charge in [0.1, 0.15) is 0 Å². The first-order valence-electron chi connectivity index (χ1n) is 12.3. The smallest absolute Gasteiger partial charge is 0.393 e. The van der Waals surface area contributed by atoms with Crippen LogP contribution in [-0.4, -0.2) is 42.0 Å². The van der Waals surface area contributed by atoms with Crippen LogP contribution in [0.2, 0.25) is 0 Å². The molecule has 4 saturated carbocycles. The van der Waals surface area contributed by atoms with Crippen molar-refractivity contribution in [2.75, 3.05) is 6.61 Å². The molecule has 0 amide bonds. The highest BCUT2D eigenvalue weighted by molar-refractivity contribution is 7.80. The van der Waals surface area contributed by atoms with Gasteiger partial charge in [0.2, 0.25) is 0 Å². The third kappa shape index (κ3) is 3.90. The summed E-state index contributed by atoms with van der Waals surface area (Å²) < 4.78 is 35.2. The second-order valence-corrected chi connectivity index (χ2v) is 13.3. The molecular formula is C24H42O6S. The highest BCUT2D eigenvalue weighted by Crippen LogP contribution is 2.71. The molecule has 0 heterocycles. The van der Waals surface area contributed by atoms with Crippen molar-refractivity contribution in [3.05, 3.63) is 0 Å². The van der Waals surface area contributed by atoms with Crippen molar-refractivity contribution in [1.82, 2.24) is 0 Å². The predicted molar refractivity (Wildman–Crippen MR) is 119 cm³/mol. The zero-order valence-corrected chi connectivity index (χ0v) is 20.4. The van der Waals surface area contributed by atoms with E-state index in [0.29, 0.717) is 36.0 Å². The van der Waals surface area contributed by atoms with Gasteiger partial charge in [-0.3, -0.25) is 4.55 Å². The van der Waals surface area contributed by atoms with E-state index in [1.165, 1.54) is 0 Å². The molecule has 7 heteroatoms. The van der Waals surface area contributed by atoms with Gasteiger partial charge in [0.25, 0.3) is 0 Å². The monoisotopic (exact) mass is 458 g/mol. The Hall–Kier alpha value is -0.210. The minimum absolute atomic E-state index is 0.00257. The molecule has 0 aromatic heterocycles. The summed E-state index contributed by atoms with van der Waals surface area (Å²) in [5.41, 5.74) is 0.319. The number of hydrogen-bond donors (Lipinski definition) is 3. The van der Waals surface area contributed by atoms with Gasteiger partial charge >= 0.3 is 10.4 Å². The molecular weight excluding hydrogens is 416 g/mol. The van der Waals surface area contributed by atoms with Crippen LogP contribution in [-0.2, 0) is 14.6 Å². The maximum absolute atomic E-state index is 11.4. The number of aliphatic hydroxyl groups is 2. The summed E-state index contributed by atoms with van der Waals surface area (Å²) in [6.45, 7) is 9.34. The summed E-state index contributed by atoms with van der Waals surface area (Å²) in [5.74, 6) is 2.09. The van der Waals surface area contributed by atoms with Crippen molar-refractivity contribution in [1.29, 1.82) is 0 Å². The Bertz CT molecular complexity index is 785. The van der Waals surface area contributed by atoms with Gasteiger partial charge in [0.15, 0.2) is 0 Å². The Morgan fingerprint density at radius 3 is 2.39 bits per heavy atom. The molecule has 4 fully saturated rings. The van der Waals surface area contributed by atoms with Crippen LogP contribution in [0.15, 0.2) is 0 Å². The van der Waals surface area contributed by atoms with Crippen LogP contribution in [0.4, 0.5) is 0 Å². The number of aliphatic hydroxyl groups excluding tert-OH is 2. The molecule has 4 aliphatic rings. The third-order valence-electron chi connectivity index (χ3n) is 10.9. The highest BCUT2D eigenvalue weighted by atomic mass is 32.3. The van der Waals surface area contributed by atoms with Crippen molar-refractivity contribution in [2.45, 2.75) is 97.7 Å². The molecule has 10 atom stereocenters. The van der Waals surface area contributed by atoms with Crippen molar-refractivity contribution in [2.24, 2.45) is 45.8 Å². The van der Waals surface area contributed by atoms with E-state index in [1.807, 2.05) is 0 Å². The van der Waals surface area contributed by atoms with Crippen LogP contribution in [0.25, 0.3) is 0 Å². The Morgan fingerprint density at radius 1 is 1.00 bits per heavy atom. The van der Waals surface area contributed by atoms with E-state index in [1.54, 1.807) is 0 Å². The molecule has 0 saturated heterocycles. The summed E-state index contributed by atoms with van der Waals surface area (Å²) in [7, 11) is -4.38. The van der Waals surface area contributed by atoms with Gasteiger partial charge in [-0.1, -0.05) is 27.7 Å². The topological polar surface area (TPSA) is 104 Å². The zero-order chi connectivity index (χ0) is 22.8. The number of hydrogen-bond acceptors (Lipinski definition) is 5. The average Bonchev–Trinajstić information content (AvgIpc) is 2.99. The first-order chi connectivity index (χ1) is 14.3. The van der Waals surface area contributed by atoms with Crippen LogP contribution in [0.5, 0.6) is 0 Å². The van der Waals surface area contributed by atoms with Gasteiger partial charge in [0.05, 0.1) is 18.8 Å². The van der Waals surface area contributed by atoms with E-state index < -0.39 is 10.4 Å². The largest absolute Gasteiger partial charge is 0.397 e. The Kier molecular flexibility index (Phi) is 6.12. The molecule has 0 aromatic rings. The molecule has 0 radical (unpaired) electrons. The van der Waals surface area contributed by atoms with E-state index in [-0.39, 0.29) is 35.1 Å². The third-order valence-corrected chi connectivity index (χ3v) is 11.3. The zero-order valence-electron chi connectivity index (χ0n) is 19.6. The van der Waals surface area contributed by atoms with Crippen LogP contribution in [0.3, 0.4) is 0 Å². The molecule has 0 aliphatic heterocycles. The second-order valence-electron chi connectivity index (χ2n) is 12.2. The maximum atomic E-state index is 11.4. The Balaban J connectivity index is 1.53. The number of rotatable bonds is 5. The molecule has 31 heavy (non-hydrogen) atoms. The molecule has 0 bridgehead atoms. The molecule has 0 spiro atoms. The van der Waals surface area contributed by atoms with Crippen molar-refractivity contribution in [3.8, 4) is 0 Å². The highest BCUT2D eigenvalue weighted by Gasteiger charge is 2.65. The van der Waals surface area contributed by atoms with Gasteiger partial charge in [-0.05, 0) is 104 Å². The van der Waals surface area contributed by atoms with Crippen LogP contribution in [0.1, 0.15) is 85.5 Å². The molecule has 0 aromatic carbocycles. The molecule has 3 N–H and O–H groups in total. The van der Waals surface area contributed by atoms with Gasteiger partial charge < -0.3 is 10.2 Å². The second kappa shape index (κ2) is 7.93. The Labute approximate surface area is 188 Å². The minimum atomic E-state index is -4.38. The molecule has 4 aliphatic carbocycles. The molecule has 3 unspecified atom stereocenters. The normalized spacial score (nSPS) is 50.9. The quantitative estimate of drug-likeness (QED) is 0.533. The summed E-state index contributed by atoms with van der Waals surface area (Å²) in [6.07, 6.45) is 8.08. The maximum Gasteiger partial charge on any atom is 0.397 e. The molecule has 4 rings (SSSR count). The van der Waals surface area contributed by atoms with Crippen molar-refractivity contribution >= 4 is 10.4 Å². The lowest BCUT2D eigenvalue weighted by atomic mass is 9.39. The van der Waals surface area contributed by atoms with Crippen molar-refractivity contribution in [3.63, 3.8) is 0 Å². The van der Waals surface area contributed by atoms with Crippen LogP contribution < -0.4 is 0 Å². The number of fused-ring (bicyclic) bond motifs is 5. The first-order valence-corrected chi connectivity index (χ1v) is 13.7. The molecule has 6 nitrogen and oxygen atoms in total. The summed E-state index contributed by atoms with van der Waals surface area (Å²) in [4.78, 5) is 0. The lowest BCUT2D eigenvalue weighted by Gasteiger charge is -2.66. The standard InChI is InChI=1S/C24H42O6S/c1-15(9-12-30-31(27,28)29)17-5-6-18-21-19(8-10-23(17,18)3)24(4)11-7-16(25)13-22(24,2)14-20(21)26/h15-21,25-26H,5-14H2,1-4H3,(H,27,28,29)/t15-,16-,17-,18?,19?,20-,21?,22+,23-,24-/m1/s1. The van der Waals surface area contributed by atoms with E-state index in [0.717, 1.165) is 51.4 Å². The van der Waals surface area contributed by atoms with E-state index in [2.05, 4.69) is 31.9 Å². The first kappa shape index (κ1) is 23.9. The van der Waals surface area contributed by atoms with Gasteiger partial charge in [-0.2, -0.15) is 8.42 Å². The predicted octanol–water partition coefficient (Wildman–Crippen LogP) is 4.21. The van der Waals surface area contributed by atoms with Crippen LogP contribution >= 0.6 is 0 Å². The summed E-state index contributed by atoms with van der Waals surface area (Å²) >= 11 is 0. The van der Waals surface area contributed by atoms with Crippen LogP contribution in [0, 0.1) is 45.8 Å². The minimum Gasteiger partial charge on any atom is -0.393 e. The van der Waals surface area contributed by atoms with Gasteiger partial charge in [0, 0.05) is 0 Å². The average molecular weight is 459 g/mol.